The van der Waals surface area contributed by atoms with Crippen LogP contribution < -0.4 is 20.3 Å². The van der Waals surface area contributed by atoms with Crippen molar-refractivity contribution in [3.63, 3.8) is 0 Å². The van der Waals surface area contributed by atoms with Gasteiger partial charge in [0.25, 0.3) is 0 Å². The van der Waals surface area contributed by atoms with E-state index >= 15 is 0 Å². The van der Waals surface area contributed by atoms with Crippen LogP contribution in [0.2, 0.25) is 0 Å². The highest BCUT2D eigenvalue weighted by atomic mass is 127. The molecule has 8 heteroatoms. The van der Waals surface area contributed by atoms with E-state index in [4.69, 9.17) is 9.47 Å². The van der Waals surface area contributed by atoms with Crippen LogP contribution in [0, 0.1) is 0 Å². The summed E-state index contributed by atoms with van der Waals surface area (Å²) in [5.74, 6) is 1.64. The Morgan fingerprint density at radius 1 is 1.12 bits per heavy atom. The summed E-state index contributed by atoms with van der Waals surface area (Å²) in [5, 5.41) is 6.54. The van der Waals surface area contributed by atoms with Crippen LogP contribution in [0.5, 0.6) is 5.75 Å². The topological polar surface area (TPSA) is 75.2 Å². The summed E-state index contributed by atoms with van der Waals surface area (Å²) in [5.41, 5.74) is 3.20. The molecule has 0 bridgehead atoms. The van der Waals surface area contributed by atoms with E-state index in [1.807, 2.05) is 47.4 Å². The number of methoxy groups -OCH3 is 1. The smallest absolute Gasteiger partial charge is 0.227 e. The molecule has 32 heavy (non-hydrogen) atoms. The predicted octanol–water partition coefficient (Wildman–Crippen LogP) is 4.08. The molecule has 7 nitrogen and oxygen atoms in total. The minimum absolute atomic E-state index is 0. The summed E-state index contributed by atoms with van der Waals surface area (Å²) < 4.78 is 10.8. The van der Waals surface area contributed by atoms with E-state index < -0.39 is 0 Å². The Bertz CT molecular complexity index is 891. The first-order chi connectivity index (χ1) is 15.2. The van der Waals surface area contributed by atoms with Crippen LogP contribution in [-0.2, 0) is 16.0 Å². The number of nitrogens with one attached hydrogen (secondary N) is 2. The molecular weight excluding hydrogens is 519 g/mol. The van der Waals surface area contributed by atoms with Gasteiger partial charge in [0.15, 0.2) is 5.96 Å². The number of para-hydroxylation sites is 1. The van der Waals surface area contributed by atoms with E-state index in [1.54, 1.807) is 14.2 Å². The van der Waals surface area contributed by atoms with Crippen molar-refractivity contribution in [2.45, 2.75) is 25.7 Å². The van der Waals surface area contributed by atoms with Crippen molar-refractivity contribution in [1.29, 1.82) is 0 Å². The van der Waals surface area contributed by atoms with E-state index in [2.05, 4.69) is 21.7 Å². The highest BCUT2D eigenvalue weighted by Crippen LogP contribution is 2.28. The number of aliphatic imine (C=N–C) groups is 1. The van der Waals surface area contributed by atoms with Crippen molar-refractivity contribution in [3.05, 3.63) is 54.1 Å². The lowest BCUT2D eigenvalue weighted by molar-refractivity contribution is -0.118. The quantitative estimate of drug-likeness (QED) is 0.201. The SMILES string of the molecule is CN=C(NCCCC(=O)N1CCc2ccccc21)Nc1cccc(OCCCOC)c1.I. The minimum Gasteiger partial charge on any atom is -0.493 e. The molecular formula is C24H33IN4O3. The number of hydrogen-bond acceptors (Lipinski definition) is 4. The average molecular weight is 552 g/mol. The molecule has 0 aliphatic carbocycles. The first-order valence-corrected chi connectivity index (χ1v) is 10.8. The zero-order chi connectivity index (χ0) is 21.9. The molecule has 2 aromatic rings. The molecule has 2 aromatic carbocycles. The summed E-state index contributed by atoms with van der Waals surface area (Å²) in [6.45, 7) is 2.73. The number of nitrogens with zero attached hydrogens (tertiary/aromatic N) is 2. The molecule has 0 atom stereocenters. The lowest BCUT2D eigenvalue weighted by Gasteiger charge is -2.17. The van der Waals surface area contributed by atoms with Gasteiger partial charge in [-0.05, 0) is 36.6 Å². The second kappa shape index (κ2) is 13.9. The van der Waals surface area contributed by atoms with Crippen LogP contribution in [0.3, 0.4) is 0 Å². The largest absolute Gasteiger partial charge is 0.493 e. The molecule has 174 valence electrons. The molecule has 0 radical (unpaired) electrons. The van der Waals surface area contributed by atoms with Crippen molar-refractivity contribution >= 4 is 47.2 Å². The monoisotopic (exact) mass is 552 g/mol. The van der Waals surface area contributed by atoms with Gasteiger partial charge in [0.1, 0.15) is 5.75 Å². The van der Waals surface area contributed by atoms with Gasteiger partial charge in [-0.25, -0.2) is 0 Å². The maximum absolute atomic E-state index is 12.6. The Morgan fingerprint density at radius 3 is 2.78 bits per heavy atom. The summed E-state index contributed by atoms with van der Waals surface area (Å²) in [4.78, 5) is 18.8. The molecule has 0 saturated heterocycles. The van der Waals surface area contributed by atoms with Crippen LogP contribution in [0.25, 0.3) is 0 Å². The Balaban J connectivity index is 0.00000363. The van der Waals surface area contributed by atoms with E-state index in [0.29, 0.717) is 32.1 Å². The Kier molecular flexibility index (Phi) is 11.3. The zero-order valence-electron chi connectivity index (χ0n) is 18.8. The van der Waals surface area contributed by atoms with Gasteiger partial charge in [-0.15, -0.1) is 24.0 Å². The number of rotatable bonds is 10. The molecule has 1 amide bonds. The van der Waals surface area contributed by atoms with E-state index in [-0.39, 0.29) is 29.9 Å². The fourth-order valence-corrected chi connectivity index (χ4v) is 3.55. The second-order valence-corrected chi connectivity index (χ2v) is 7.37. The van der Waals surface area contributed by atoms with Gasteiger partial charge in [-0.2, -0.15) is 0 Å². The second-order valence-electron chi connectivity index (χ2n) is 7.37. The first-order valence-electron chi connectivity index (χ1n) is 10.8. The molecule has 1 aliphatic rings. The van der Waals surface area contributed by atoms with E-state index in [9.17, 15) is 4.79 Å². The molecule has 0 saturated carbocycles. The van der Waals surface area contributed by atoms with Crippen LogP contribution in [0.1, 0.15) is 24.8 Å². The number of amides is 1. The number of carbonyl (C=O) groups is 1. The minimum atomic E-state index is 0. The van der Waals surface area contributed by atoms with Crippen LogP contribution in [-0.4, -0.2) is 52.3 Å². The molecule has 0 spiro atoms. The van der Waals surface area contributed by atoms with Crippen LogP contribution in [0.15, 0.2) is 53.5 Å². The molecule has 0 fully saturated rings. The fourth-order valence-electron chi connectivity index (χ4n) is 3.55. The van der Waals surface area contributed by atoms with Gasteiger partial charge < -0.3 is 25.0 Å². The molecule has 0 unspecified atom stereocenters. The summed E-state index contributed by atoms with van der Waals surface area (Å²) in [6, 6.07) is 15.9. The molecule has 0 aromatic heterocycles. The highest BCUT2D eigenvalue weighted by Gasteiger charge is 2.23. The van der Waals surface area contributed by atoms with Gasteiger partial charge in [0.05, 0.1) is 6.61 Å². The maximum Gasteiger partial charge on any atom is 0.227 e. The normalized spacial score (nSPS) is 12.7. The number of benzene rings is 2. The van der Waals surface area contributed by atoms with Crippen molar-refractivity contribution < 1.29 is 14.3 Å². The predicted molar refractivity (Wildman–Crippen MR) is 141 cm³/mol. The molecule has 2 N–H and O–H groups in total. The third-order valence-corrected chi connectivity index (χ3v) is 5.13. The Hall–Kier alpha value is -2.33. The van der Waals surface area contributed by atoms with E-state index in [1.165, 1.54) is 5.56 Å². The average Bonchev–Trinajstić information content (AvgIpc) is 3.23. The Labute approximate surface area is 207 Å². The van der Waals surface area contributed by atoms with Crippen LogP contribution >= 0.6 is 24.0 Å². The van der Waals surface area contributed by atoms with Crippen molar-refractivity contribution in [3.8, 4) is 5.75 Å². The van der Waals surface area contributed by atoms with Gasteiger partial charge in [0.2, 0.25) is 5.91 Å². The molecule has 1 aliphatic heterocycles. The summed E-state index contributed by atoms with van der Waals surface area (Å²) >= 11 is 0. The van der Waals surface area contributed by atoms with Gasteiger partial charge in [-0.1, -0.05) is 24.3 Å². The third-order valence-electron chi connectivity index (χ3n) is 5.13. The van der Waals surface area contributed by atoms with Gasteiger partial charge in [0, 0.05) is 64.1 Å². The number of fused-ring (bicyclic) bond motifs is 1. The van der Waals surface area contributed by atoms with Crippen molar-refractivity contribution in [1.82, 2.24) is 5.32 Å². The lowest BCUT2D eigenvalue weighted by Crippen LogP contribution is -2.33. The highest BCUT2D eigenvalue weighted by molar-refractivity contribution is 14.0. The number of anilines is 2. The fraction of sp³-hybridized carbons (Fsp3) is 0.417. The number of halogens is 1. The van der Waals surface area contributed by atoms with E-state index in [0.717, 1.165) is 42.9 Å². The zero-order valence-corrected chi connectivity index (χ0v) is 21.1. The van der Waals surface area contributed by atoms with Gasteiger partial charge in [-0.3, -0.25) is 9.79 Å². The summed E-state index contributed by atoms with van der Waals surface area (Å²) in [7, 11) is 3.41. The summed E-state index contributed by atoms with van der Waals surface area (Å²) in [6.07, 6.45) is 3.02. The number of hydrogen-bond donors (Lipinski definition) is 2. The number of ether oxygens (including phenoxy) is 2. The first kappa shape index (κ1) is 25.9. The number of carbonyl (C=O) groups excluding carboxylic acids is 1. The maximum atomic E-state index is 12.6. The lowest BCUT2D eigenvalue weighted by atomic mass is 10.2. The molecule has 1 heterocycles. The van der Waals surface area contributed by atoms with Crippen molar-refractivity contribution in [2.75, 3.05) is 50.7 Å². The Morgan fingerprint density at radius 2 is 1.97 bits per heavy atom. The number of guanidine groups is 1. The van der Waals surface area contributed by atoms with Crippen molar-refractivity contribution in [2.24, 2.45) is 4.99 Å². The van der Waals surface area contributed by atoms with Crippen LogP contribution in [0.4, 0.5) is 11.4 Å². The third kappa shape index (κ3) is 7.67. The van der Waals surface area contributed by atoms with Gasteiger partial charge >= 0.3 is 0 Å². The standard InChI is InChI=1S/C24H32N4O3.HI/c1-25-24(27-20-9-5-10-21(18-20)31-17-7-16-30-2)26-14-6-12-23(29)28-15-13-19-8-3-4-11-22(19)28;/h3-5,8-11,18H,6-7,12-17H2,1-2H3,(H2,25,26,27);1H. The molecule has 3 rings (SSSR count).